The average Bonchev–Trinajstić information content (AvgIpc) is 2.76. The molecule has 0 aliphatic heterocycles. The fourth-order valence-corrected chi connectivity index (χ4v) is 3.75. The third-order valence-corrected chi connectivity index (χ3v) is 5.16. The molecule has 0 atom stereocenters. The molecule has 5 heteroatoms. The van der Waals surface area contributed by atoms with E-state index in [2.05, 4.69) is 24.9 Å². The minimum atomic E-state index is -0.667. The summed E-state index contributed by atoms with van der Waals surface area (Å²) in [5.41, 5.74) is 3.72. The van der Waals surface area contributed by atoms with Gasteiger partial charge in [-0.3, -0.25) is 4.98 Å². The van der Waals surface area contributed by atoms with Gasteiger partial charge in [-0.1, -0.05) is 56.3 Å². The zero-order valence-corrected chi connectivity index (χ0v) is 20.8. The highest BCUT2D eigenvalue weighted by atomic mass is 16.6. The van der Waals surface area contributed by atoms with E-state index in [1.54, 1.807) is 6.92 Å². The summed E-state index contributed by atoms with van der Waals surface area (Å²) in [4.78, 5) is 17.9. The lowest BCUT2D eigenvalue weighted by molar-refractivity contribution is 0.00691. The van der Waals surface area contributed by atoms with Crippen molar-refractivity contribution >= 4 is 5.97 Å². The maximum absolute atomic E-state index is 13.2. The summed E-state index contributed by atoms with van der Waals surface area (Å²) in [6.45, 7) is 11.9. The van der Waals surface area contributed by atoms with Crippen LogP contribution >= 0.6 is 0 Å². The summed E-state index contributed by atoms with van der Waals surface area (Å²) >= 11 is 0. The third-order valence-electron chi connectivity index (χ3n) is 5.16. The van der Waals surface area contributed by atoms with Crippen molar-refractivity contribution < 1.29 is 14.3 Å². The molecule has 0 aliphatic carbocycles. The Morgan fingerprint density at radius 3 is 2.26 bits per heavy atom. The van der Waals surface area contributed by atoms with Crippen molar-refractivity contribution in [2.24, 2.45) is 5.92 Å². The van der Waals surface area contributed by atoms with E-state index in [0.29, 0.717) is 52.8 Å². The fourth-order valence-electron chi connectivity index (χ4n) is 3.75. The van der Waals surface area contributed by atoms with Gasteiger partial charge in [0.1, 0.15) is 24.0 Å². The summed E-state index contributed by atoms with van der Waals surface area (Å²) in [5, 5.41) is 10.1. The molecular formula is C29H32N2O3. The van der Waals surface area contributed by atoms with Gasteiger partial charge in [-0.2, -0.15) is 5.26 Å². The van der Waals surface area contributed by atoms with E-state index in [0.717, 1.165) is 11.1 Å². The first-order valence-corrected chi connectivity index (χ1v) is 11.5. The van der Waals surface area contributed by atoms with Gasteiger partial charge in [-0.05, 0) is 63.3 Å². The lowest BCUT2D eigenvalue weighted by Gasteiger charge is -2.23. The topological polar surface area (TPSA) is 72.2 Å². The normalized spacial score (nSPS) is 11.2. The number of carbonyl (C=O) groups is 1. The number of hydrogen-bond donors (Lipinski definition) is 0. The van der Waals surface area contributed by atoms with Crippen molar-refractivity contribution in [3.05, 3.63) is 82.7 Å². The summed E-state index contributed by atoms with van der Waals surface area (Å²) in [7, 11) is 0. The Morgan fingerprint density at radius 2 is 1.71 bits per heavy atom. The molecule has 0 radical (unpaired) electrons. The van der Waals surface area contributed by atoms with Crippen molar-refractivity contribution in [1.29, 1.82) is 5.26 Å². The van der Waals surface area contributed by atoms with Gasteiger partial charge in [0.05, 0.1) is 22.5 Å². The minimum Gasteiger partial charge on any atom is -0.489 e. The SMILES string of the molecule is Cc1nc(CC(C)C)c(C#N)c(-c2ccc(OCc3ccccc3)cc2)c1C(=O)OC(C)(C)C. The Hall–Kier alpha value is -3.65. The summed E-state index contributed by atoms with van der Waals surface area (Å²) in [6, 6.07) is 19.7. The van der Waals surface area contributed by atoms with Crippen molar-refractivity contribution in [2.45, 2.75) is 60.2 Å². The number of aromatic nitrogens is 1. The number of pyridine rings is 1. The molecule has 0 fully saturated rings. The van der Waals surface area contributed by atoms with Crippen LogP contribution in [0.15, 0.2) is 54.6 Å². The summed E-state index contributed by atoms with van der Waals surface area (Å²) in [6.07, 6.45) is 0.642. The number of esters is 1. The maximum Gasteiger partial charge on any atom is 0.341 e. The largest absolute Gasteiger partial charge is 0.489 e. The number of nitriles is 1. The molecule has 0 spiro atoms. The molecule has 1 aromatic heterocycles. The van der Waals surface area contributed by atoms with Crippen LogP contribution in [0.3, 0.4) is 0 Å². The third kappa shape index (κ3) is 6.23. The van der Waals surface area contributed by atoms with Gasteiger partial charge in [0, 0.05) is 5.56 Å². The number of carbonyl (C=O) groups excluding carboxylic acids is 1. The molecular weight excluding hydrogens is 424 g/mol. The molecule has 5 nitrogen and oxygen atoms in total. The van der Waals surface area contributed by atoms with Gasteiger partial charge < -0.3 is 9.47 Å². The first kappa shape index (κ1) is 25.0. The van der Waals surface area contributed by atoms with E-state index < -0.39 is 11.6 Å². The van der Waals surface area contributed by atoms with Crippen LogP contribution in [0.1, 0.15) is 67.5 Å². The summed E-state index contributed by atoms with van der Waals surface area (Å²) < 4.78 is 11.6. The van der Waals surface area contributed by atoms with Crippen molar-refractivity contribution in [3.8, 4) is 22.9 Å². The maximum atomic E-state index is 13.2. The van der Waals surface area contributed by atoms with Crippen molar-refractivity contribution in [1.82, 2.24) is 4.98 Å². The lowest BCUT2D eigenvalue weighted by Crippen LogP contribution is -2.25. The quantitative estimate of drug-likeness (QED) is 0.372. The van der Waals surface area contributed by atoms with Crippen LogP contribution in [0.5, 0.6) is 5.75 Å². The molecule has 0 bridgehead atoms. The van der Waals surface area contributed by atoms with Crippen molar-refractivity contribution in [3.63, 3.8) is 0 Å². The highest BCUT2D eigenvalue weighted by Crippen LogP contribution is 2.34. The van der Waals surface area contributed by atoms with E-state index in [1.165, 1.54) is 0 Å². The average molecular weight is 457 g/mol. The first-order chi connectivity index (χ1) is 16.1. The van der Waals surface area contributed by atoms with Gasteiger partial charge in [0.2, 0.25) is 0 Å². The smallest absolute Gasteiger partial charge is 0.341 e. The second kappa shape index (κ2) is 10.5. The standard InChI is InChI=1S/C29H32N2O3/c1-19(2)16-25-24(17-30)27(26(20(3)31-25)28(32)34-29(4,5)6)22-12-14-23(15-13-22)33-18-21-10-8-7-9-11-21/h7-15,19H,16,18H2,1-6H3. The molecule has 0 aliphatic rings. The minimum absolute atomic E-state index is 0.313. The molecule has 0 amide bonds. The molecule has 0 unspecified atom stereocenters. The molecule has 0 N–H and O–H groups in total. The summed E-state index contributed by atoms with van der Waals surface area (Å²) in [5.74, 6) is 0.538. The Balaban J connectivity index is 2.05. The number of rotatable bonds is 7. The molecule has 0 saturated carbocycles. The van der Waals surface area contributed by atoms with Crippen LogP contribution in [0.25, 0.3) is 11.1 Å². The van der Waals surface area contributed by atoms with E-state index in [-0.39, 0.29) is 0 Å². The number of ether oxygens (including phenoxy) is 2. The predicted molar refractivity (Wildman–Crippen MR) is 134 cm³/mol. The zero-order valence-electron chi connectivity index (χ0n) is 20.8. The second-order valence-corrected chi connectivity index (χ2v) is 9.78. The van der Waals surface area contributed by atoms with E-state index in [1.807, 2.05) is 75.4 Å². The van der Waals surface area contributed by atoms with E-state index >= 15 is 0 Å². The van der Waals surface area contributed by atoms with E-state index in [4.69, 9.17) is 9.47 Å². The van der Waals surface area contributed by atoms with Crippen molar-refractivity contribution in [2.75, 3.05) is 0 Å². The number of hydrogen-bond acceptors (Lipinski definition) is 5. The van der Waals surface area contributed by atoms with Gasteiger partial charge in [-0.25, -0.2) is 4.79 Å². The Kier molecular flexibility index (Phi) is 7.73. The highest BCUT2D eigenvalue weighted by molar-refractivity contribution is 6.00. The van der Waals surface area contributed by atoms with Gasteiger partial charge in [-0.15, -0.1) is 0 Å². The molecule has 1 heterocycles. The number of benzene rings is 2. The number of aryl methyl sites for hydroxylation is 1. The van der Waals surface area contributed by atoms with Crippen LogP contribution in [-0.4, -0.2) is 16.6 Å². The lowest BCUT2D eigenvalue weighted by atomic mass is 9.90. The van der Waals surface area contributed by atoms with Gasteiger partial charge >= 0.3 is 5.97 Å². The van der Waals surface area contributed by atoms with E-state index in [9.17, 15) is 10.1 Å². The molecule has 3 rings (SSSR count). The van der Waals surface area contributed by atoms with Crippen LogP contribution in [0.2, 0.25) is 0 Å². The Morgan fingerprint density at radius 1 is 1.06 bits per heavy atom. The monoisotopic (exact) mass is 456 g/mol. The van der Waals surface area contributed by atoms with Crippen LogP contribution in [0.4, 0.5) is 0 Å². The first-order valence-electron chi connectivity index (χ1n) is 11.5. The fraction of sp³-hybridized carbons (Fsp3) is 0.345. The zero-order chi connectivity index (χ0) is 24.9. The van der Waals surface area contributed by atoms with Gasteiger partial charge in [0.25, 0.3) is 0 Å². The predicted octanol–water partition coefficient (Wildman–Crippen LogP) is 6.66. The molecule has 34 heavy (non-hydrogen) atoms. The Bertz CT molecular complexity index is 1190. The molecule has 176 valence electrons. The Labute approximate surface area is 202 Å². The van der Waals surface area contributed by atoms with Crippen LogP contribution < -0.4 is 4.74 Å². The molecule has 2 aromatic carbocycles. The van der Waals surface area contributed by atoms with Crippen LogP contribution in [0, 0.1) is 24.2 Å². The number of nitrogens with zero attached hydrogens (tertiary/aromatic N) is 2. The highest BCUT2D eigenvalue weighted by Gasteiger charge is 2.28. The van der Waals surface area contributed by atoms with Gasteiger partial charge in [0.15, 0.2) is 0 Å². The second-order valence-electron chi connectivity index (χ2n) is 9.78. The molecule has 3 aromatic rings. The molecule has 0 saturated heterocycles. The van der Waals surface area contributed by atoms with Crippen LogP contribution in [-0.2, 0) is 17.8 Å².